The van der Waals surface area contributed by atoms with E-state index in [2.05, 4.69) is 34.3 Å². The first-order chi connectivity index (χ1) is 9.63. The van der Waals surface area contributed by atoms with Crippen LogP contribution in [0, 0.1) is 0 Å². The molecule has 0 saturated heterocycles. The Morgan fingerprint density at radius 3 is 3.05 bits per heavy atom. The Morgan fingerprint density at radius 2 is 2.25 bits per heavy atom. The molecule has 0 saturated carbocycles. The average molecular weight is 307 g/mol. The Bertz CT molecular complexity index is 729. The number of hydrogen-bond acceptors (Lipinski definition) is 5. The van der Waals surface area contributed by atoms with Crippen LogP contribution >= 0.6 is 23.5 Å². The van der Waals surface area contributed by atoms with E-state index < -0.39 is 11.1 Å². The number of aryl methyl sites for hydroxylation is 1. The molecule has 1 N–H and O–H groups in total. The van der Waals surface area contributed by atoms with Crippen LogP contribution in [-0.2, 0) is 13.5 Å². The standard InChI is InChI=1S/C13H13N3O2S2/c1-16-13(14-11(17)12(18)15-16)19-7-9-6-8-4-2-3-5-10(8)20-9/h2-5,9H,6-7H2,1H3,(H,15,18). The Hall–Kier alpha value is -1.47. The number of thioether (sulfide) groups is 2. The summed E-state index contributed by atoms with van der Waals surface area (Å²) in [5, 5.41) is 3.48. The quantitative estimate of drug-likeness (QED) is 0.683. The predicted molar refractivity (Wildman–Crippen MR) is 80.6 cm³/mol. The lowest BCUT2D eigenvalue weighted by Gasteiger charge is -2.09. The molecule has 0 amide bonds. The highest BCUT2D eigenvalue weighted by Crippen LogP contribution is 2.38. The van der Waals surface area contributed by atoms with Gasteiger partial charge in [0, 0.05) is 22.9 Å². The van der Waals surface area contributed by atoms with E-state index in [9.17, 15) is 9.59 Å². The van der Waals surface area contributed by atoms with Crippen molar-refractivity contribution in [3.63, 3.8) is 0 Å². The number of nitrogens with zero attached hydrogens (tertiary/aromatic N) is 2. The summed E-state index contributed by atoms with van der Waals surface area (Å²) in [7, 11) is 1.69. The van der Waals surface area contributed by atoms with Crippen LogP contribution in [0.2, 0.25) is 0 Å². The molecule has 1 aromatic carbocycles. The summed E-state index contributed by atoms with van der Waals surface area (Å²) in [5.41, 5.74) is -0.0288. The van der Waals surface area contributed by atoms with E-state index in [-0.39, 0.29) is 0 Å². The van der Waals surface area contributed by atoms with Crippen LogP contribution in [0.3, 0.4) is 0 Å². The van der Waals surface area contributed by atoms with E-state index in [1.165, 1.54) is 26.9 Å². The zero-order chi connectivity index (χ0) is 14.1. The van der Waals surface area contributed by atoms with E-state index in [0.717, 1.165) is 12.2 Å². The van der Waals surface area contributed by atoms with Crippen molar-refractivity contribution in [2.75, 3.05) is 5.75 Å². The first kappa shape index (κ1) is 13.5. The summed E-state index contributed by atoms with van der Waals surface area (Å²) in [4.78, 5) is 27.6. The molecule has 0 aliphatic carbocycles. The summed E-state index contributed by atoms with van der Waals surface area (Å²) in [6.45, 7) is 0. The fraction of sp³-hybridized carbons (Fsp3) is 0.308. The second-order valence-electron chi connectivity index (χ2n) is 4.56. The highest BCUT2D eigenvalue weighted by atomic mass is 32.2. The summed E-state index contributed by atoms with van der Waals surface area (Å²) < 4.78 is 1.50. The Labute approximate surface area is 123 Å². The number of fused-ring (bicyclic) bond motifs is 1. The highest BCUT2D eigenvalue weighted by Gasteiger charge is 2.22. The summed E-state index contributed by atoms with van der Waals surface area (Å²) in [6, 6.07) is 8.40. The van der Waals surface area contributed by atoms with Crippen LogP contribution in [0.5, 0.6) is 0 Å². The fourth-order valence-corrected chi connectivity index (χ4v) is 4.50. The van der Waals surface area contributed by atoms with Crippen molar-refractivity contribution in [1.29, 1.82) is 0 Å². The maximum atomic E-state index is 11.3. The Morgan fingerprint density at radius 1 is 1.45 bits per heavy atom. The van der Waals surface area contributed by atoms with Gasteiger partial charge in [0.1, 0.15) is 0 Å². The van der Waals surface area contributed by atoms with Crippen LogP contribution in [0.4, 0.5) is 0 Å². The van der Waals surface area contributed by atoms with E-state index >= 15 is 0 Å². The maximum absolute atomic E-state index is 11.3. The number of nitrogens with one attached hydrogen (secondary N) is 1. The summed E-state index contributed by atoms with van der Waals surface area (Å²) in [6.07, 6.45) is 1.03. The summed E-state index contributed by atoms with van der Waals surface area (Å²) >= 11 is 3.36. The number of aromatic nitrogens is 3. The van der Waals surface area contributed by atoms with Gasteiger partial charge in [-0.1, -0.05) is 30.0 Å². The molecule has 1 aliphatic heterocycles. The van der Waals surface area contributed by atoms with Crippen LogP contribution in [-0.4, -0.2) is 25.8 Å². The lowest BCUT2D eigenvalue weighted by atomic mass is 10.1. The molecule has 1 aromatic heterocycles. The number of aromatic amines is 1. The average Bonchev–Trinajstić information content (AvgIpc) is 2.84. The smallest absolute Gasteiger partial charge is 0.265 e. The van der Waals surface area contributed by atoms with Crippen molar-refractivity contribution < 1.29 is 0 Å². The molecule has 0 bridgehead atoms. The van der Waals surface area contributed by atoms with Crippen molar-refractivity contribution >= 4 is 23.5 Å². The topological polar surface area (TPSA) is 67.8 Å². The molecular formula is C13H13N3O2S2. The Balaban J connectivity index is 1.69. The minimum absolute atomic E-state index is 0.473. The number of hydrogen-bond donors (Lipinski definition) is 1. The van der Waals surface area contributed by atoms with Gasteiger partial charge >= 0.3 is 11.1 Å². The van der Waals surface area contributed by atoms with E-state index in [1.807, 2.05) is 11.8 Å². The molecule has 20 heavy (non-hydrogen) atoms. The van der Waals surface area contributed by atoms with E-state index in [1.54, 1.807) is 7.05 Å². The molecule has 0 fully saturated rings. The lowest BCUT2D eigenvalue weighted by molar-refractivity contribution is 0.596. The molecule has 104 valence electrons. The molecule has 0 radical (unpaired) electrons. The molecule has 7 heteroatoms. The predicted octanol–water partition coefficient (Wildman–Crippen LogP) is 1.28. The van der Waals surface area contributed by atoms with Crippen LogP contribution in [0.1, 0.15) is 5.56 Å². The fourth-order valence-electron chi connectivity index (χ4n) is 2.10. The zero-order valence-corrected chi connectivity index (χ0v) is 12.5. The Kier molecular flexibility index (Phi) is 3.71. The first-order valence-electron chi connectivity index (χ1n) is 6.18. The van der Waals surface area contributed by atoms with Crippen molar-refractivity contribution in [3.8, 4) is 0 Å². The van der Waals surface area contributed by atoms with Gasteiger partial charge in [-0.05, 0) is 18.1 Å². The third-order valence-corrected chi connectivity index (χ3v) is 5.78. The van der Waals surface area contributed by atoms with Gasteiger partial charge in [0.25, 0.3) is 0 Å². The number of benzene rings is 1. The third-order valence-electron chi connectivity index (χ3n) is 3.06. The second kappa shape index (κ2) is 5.49. The zero-order valence-electron chi connectivity index (χ0n) is 10.8. The van der Waals surface area contributed by atoms with E-state index in [0.29, 0.717) is 10.4 Å². The van der Waals surface area contributed by atoms with Gasteiger partial charge in [-0.25, -0.2) is 0 Å². The molecule has 1 atom stereocenters. The van der Waals surface area contributed by atoms with Crippen molar-refractivity contribution in [2.24, 2.45) is 7.05 Å². The molecular weight excluding hydrogens is 294 g/mol. The molecule has 2 aromatic rings. The highest BCUT2D eigenvalue weighted by molar-refractivity contribution is 8.03. The van der Waals surface area contributed by atoms with Crippen LogP contribution in [0.15, 0.2) is 43.9 Å². The van der Waals surface area contributed by atoms with Crippen molar-refractivity contribution in [2.45, 2.75) is 21.7 Å². The summed E-state index contributed by atoms with van der Waals surface area (Å²) in [5.74, 6) is 0.853. The minimum Gasteiger partial charge on any atom is -0.265 e. The van der Waals surface area contributed by atoms with Crippen LogP contribution < -0.4 is 11.1 Å². The van der Waals surface area contributed by atoms with Crippen molar-refractivity contribution in [1.82, 2.24) is 14.8 Å². The minimum atomic E-state index is -0.729. The van der Waals surface area contributed by atoms with Gasteiger partial charge in [-0.2, -0.15) is 4.98 Å². The molecule has 1 aliphatic rings. The second-order valence-corrected chi connectivity index (χ2v) is 6.89. The van der Waals surface area contributed by atoms with Gasteiger partial charge in [-0.3, -0.25) is 19.4 Å². The maximum Gasteiger partial charge on any atom is 0.339 e. The van der Waals surface area contributed by atoms with Crippen LogP contribution in [0.25, 0.3) is 0 Å². The number of rotatable bonds is 3. The third kappa shape index (κ3) is 2.69. The van der Waals surface area contributed by atoms with Crippen molar-refractivity contribution in [3.05, 3.63) is 50.5 Å². The van der Waals surface area contributed by atoms with Gasteiger partial charge in [-0.15, -0.1) is 11.8 Å². The van der Waals surface area contributed by atoms with Gasteiger partial charge in [0.2, 0.25) is 0 Å². The monoisotopic (exact) mass is 307 g/mol. The van der Waals surface area contributed by atoms with Gasteiger partial charge in [0.15, 0.2) is 5.16 Å². The molecule has 2 heterocycles. The largest absolute Gasteiger partial charge is 0.339 e. The molecule has 0 spiro atoms. The molecule has 1 unspecified atom stereocenters. The molecule has 3 rings (SSSR count). The lowest BCUT2D eigenvalue weighted by Crippen LogP contribution is -2.34. The number of H-pyrrole nitrogens is 1. The first-order valence-corrected chi connectivity index (χ1v) is 8.05. The van der Waals surface area contributed by atoms with E-state index in [4.69, 9.17) is 0 Å². The molecule has 5 nitrogen and oxygen atoms in total. The van der Waals surface area contributed by atoms with Gasteiger partial charge < -0.3 is 0 Å². The SMILES string of the molecule is Cn1[nH]c(=O)c(=O)nc1SCC1Cc2ccccc2S1. The van der Waals surface area contributed by atoms with Gasteiger partial charge in [0.05, 0.1) is 0 Å². The normalized spacial score (nSPS) is 17.1.